The summed E-state index contributed by atoms with van der Waals surface area (Å²) in [7, 11) is 0. The largest absolute Gasteiger partial charge is 0.494 e. The summed E-state index contributed by atoms with van der Waals surface area (Å²) in [6.45, 7) is 9.18. The average molecular weight is 396 g/mol. The second-order valence-electron chi connectivity index (χ2n) is 7.57. The van der Waals surface area contributed by atoms with Crippen LogP contribution in [0.5, 0.6) is 5.75 Å². The number of hydrogen-bond acceptors (Lipinski definition) is 5. The molecular weight excluding hydrogens is 370 g/mol. The highest BCUT2D eigenvalue weighted by Gasteiger charge is 2.15. The summed E-state index contributed by atoms with van der Waals surface area (Å²) >= 11 is 1.34. The van der Waals surface area contributed by atoms with Crippen molar-refractivity contribution in [3.8, 4) is 16.3 Å². The topological polar surface area (TPSA) is 64.1 Å². The molecule has 2 aromatic carbocycles. The van der Waals surface area contributed by atoms with Crippen molar-refractivity contribution >= 4 is 22.4 Å². The fourth-order valence-electron chi connectivity index (χ4n) is 2.62. The van der Waals surface area contributed by atoms with Gasteiger partial charge in [0.1, 0.15) is 10.8 Å². The minimum Gasteiger partial charge on any atom is -0.494 e. The molecule has 3 rings (SSSR count). The third kappa shape index (κ3) is 4.95. The molecule has 1 heterocycles. The Morgan fingerprint density at radius 2 is 1.86 bits per heavy atom. The Labute approximate surface area is 169 Å². The van der Waals surface area contributed by atoms with Crippen LogP contribution >= 0.6 is 11.3 Å². The highest BCUT2D eigenvalue weighted by atomic mass is 32.1. The van der Waals surface area contributed by atoms with Gasteiger partial charge in [-0.05, 0) is 41.7 Å². The van der Waals surface area contributed by atoms with E-state index < -0.39 is 0 Å². The van der Waals surface area contributed by atoms with Gasteiger partial charge < -0.3 is 4.74 Å². The first-order valence-corrected chi connectivity index (χ1v) is 10.2. The first-order valence-electron chi connectivity index (χ1n) is 9.35. The van der Waals surface area contributed by atoms with E-state index >= 15 is 0 Å². The number of aromatic nitrogens is 2. The summed E-state index contributed by atoms with van der Waals surface area (Å²) in [5, 5.41) is 12.3. The van der Waals surface area contributed by atoms with Gasteiger partial charge in [-0.1, -0.05) is 63.3 Å². The van der Waals surface area contributed by atoms with E-state index in [0.717, 1.165) is 22.7 Å². The molecule has 0 unspecified atom stereocenters. The molecule has 0 bridgehead atoms. The molecule has 0 radical (unpaired) electrons. The van der Waals surface area contributed by atoms with Gasteiger partial charge in [0.25, 0.3) is 5.91 Å². The van der Waals surface area contributed by atoms with Crippen LogP contribution in [0.3, 0.4) is 0 Å². The zero-order valence-electron chi connectivity index (χ0n) is 16.7. The third-order valence-electron chi connectivity index (χ3n) is 4.21. The smallest absolute Gasteiger partial charge is 0.257 e. The predicted molar refractivity (Wildman–Crippen MR) is 114 cm³/mol. The summed E-state index contributed by atoms with van der Waals surface area (Å²) in [6, 6.07) is 15.4. The monoisotopic (exact) mass is 395 g/mol. The molecular formula is C22H25N3O2S. The Kier molecular flexibility index (Phi) is 6.09. The SMILES string of the molecule is CCCOc1cccc(-c2nnc(NC(=O)c3ccc(C(C)(C)C)cc3)s2)c1. The third-order valence-corrected chi connectivity index (χ3v) is 5.10. The second-order valence-corrected chi connectivity index (χ2v) is 8.55. The van der Waals surface area contributed by atoms with Crippen molar-refractivity contribution in [3.05, 3.63) is 59.7 Å². The fraction of sp³-hybridized carbons (Fsp3) is 0.318. The lowest BCUT2D eigenvalue weighted by Crippen LogP contribution is -2.14. The quantitative estimate of drug-likeness (QED) is 0.595. The minimum absolute atomic E-state index is 0.0541. The van der Waals surface area contributed by atoms with E-state index in [2.05, 4.69) is 43.2 Å². The number of rotatable bonds is 6. The maximum Gasteiger partial charge on any atom is 0.257 e. The van der Waals surface area contributed by atoms with E-state index in [0.29, 0.717) is 17.3 Å². The fourth-order valence-corrected chi connectivity index (χ4v) is 3.36. The van der Waals surface area contributed by atoms with Crippen molar-refractivity contribution in [2.75, 3.05) is 11.9 Å². The summed E-state index contributed by atoms with van der Waals surface area (Å²) in [6.07, 6.45) is 0.954. The maximum atomic E-state index is 12.5. The average Bonchev–Trinajstić information content (AvgIpc) is 3.14. The lowest BCUT2D eigenvalue weighted by atomic mass is 9.87. The van der Waals surface area contributed by atoms with Gasteiger partial charge >= 0.3 is 0 Å². The Bertz CT molecular complexity index is 943. The van der Waals surface area contributed by atoms with E-state index in [4.69, 9.17) is 4.74 Å². The van der Waals surface area contributed by atoms with Gasteiger partial charge in [0.15, 0.2) is 0 Å². The molecule has 5 nitrogen and oxygen atoms in total. The number of benzene rings is 2. The van der Waals surface area contributed by atoms with Crippen LogP contribution < -0.4 is 10.1 Å². The van der Waals surface area contributed by atoms with Gasteiger partial charge in [-0.15, -0.1) is 10.2 Å². The van der Waals surface area contributed by atoms with Crippen LogP contribution in [0.4, 0.5) is 5.13 Å². The van der Waals surface area contributed by atoms with Crippen LogP contribution in [0.15, 0.2) is 48.5 Å². The summed E-state index contributed by atoms with van der Waals surface area (Å²) in [5.74, 6) is 0.613. The first-order chi connectivity index (χ1) is 13.4. The minimum atomic E-state index is -0.191. The number of amides is 1. The molecule has 0 aliphatic heterocycles. The number of hydrogen-bond donors (Lipinski definition) is 1. The molecule has 28 heavy (non-hydrogen) atoms. The highest BCUT2D eigenvalue weighted by Crippen LogP contribution is 2.29. The molecule has 6 heteroatoms. The zero-order chi connectivity index (χ0) is 20.1. The van der Waals surface area contributed by atoms with Crippen molar-refractivity contribution in [2.45, 2.75) is 39.5 Å². The van der Waals surface area contributed by atoms with Crippen LogP contribution in [-0.2, 0) is 5.41 Å². The second kappa shape index (κ2) is 8.52. The summed E-state index contributed by atoms with van der Waals surface area (Å²) in [4.78, 5) is 12.5. The molecule has 0 atom stereocenters. The van der Waals surface area contributed by atoms with Gasteiger partial charge in [0.05, 0.1) is 6.61 Å². The Morgan fingerprint density at radius 3 is 2.54 bits per heavy atom. The van der Waals surface area contributed by atoms with E-state index in [1.165, 1.54) is 16.9 Å². The zero-order valence-corrected chi connectivity index (χ0v) is 17.5. The molecule has 0 aliphatic rings. The molecule has 146 valence electrons. The number of nitrogens with one attached hydrogen (secondary N) is 1. The van der Waals surface area contributed by atoms with Gasteiger partial charge in [0, 0.05) is 11.1 Å². The number of carbonyl (C=O) groups excluding carboxylic acids is 1. The highest BCUT2D eigenvalue weighted by molar-refractivity contribution is 7.18. The Balaban J connectivity index is 1.70. The maximum absolute atomic E-state index is 12.5. The van der Waals surface area contributed by atoms with Crippen molar-refractivity contribution in [2.24, 2.45) is 0 Å². The molecule has 0 fully saturated rings. The van der Waals surface area contributed by atoms with Crippen LogP contribution in [0.1, 0.15) is 50.0 Å². The van der Waals surface area contributed by atoms with Gasteiger partial charge in [-0.25, -0.2) is 0 Å². The van der Waals surface area contributed by atoms with Crippen LogP contribution in [-0.4, -0.2) is 22.7 Å². The van der Waals surface area contributed by atoms with Gasteiger partial charge in [-0.2, -0.15) is 0 Å². The Morgan fingerprint density at radius 1 is 1.11 bits per heavy atom. The standard InChI is InChI=1S/C22H25N3O2S/c1-5-13-27-18-8-6-7-16(14-18)20-24-25-21(28-20)23-19(26)15-9-11-17(12-10-15)22(2,3)4/h6-12,14H,5,13H2,1-4H3,(H,23,25,26). The van der Waals surface area contributed by atoms with Gasteiger partial charge in [0.2, 0.25) is 5.13 Å². The van der Waals surface area contributed by atoms with Crippen LogP contribution in [0, 0.1) is 0 Å². The van der Waals surface area contributed by atoms with Crippen LogP contribution in [0.25, 0.3) is 10.6 Å². The molecule has 1 aromatic heterocycles. The number of anilines is 1. The van der Waals surface area contributed by atoms with E-state index in [1.54, 1.807) is 0 Å². The van der Waals surface area contributed by atoms with Crippen molar-refractivity contribution in [1.29, 1.82) is 0 Å². The van der Waals surface area contributed by atoms with Crippen molar-refractivity contribution in [3.63, 3.8) is 0 Å². The lowest BCUT2D eigenvalue weighted by molar-refractivity contribution is 0.102. The molecule has 1 amide bonds. The van der Waals surface area contributed by atoms with E-state index in [-0.39, 0.29) is 11.3 Å². The molecule has 0 spiro atoms. The Hall–Kier alpha value is -2.73. The summed E-state index contributed by atoms with van der Waals surface area (Å²) < 4.78 is 5.67. The summed E-state index contributed by atoms with van der Waals surface area (Å²) in [5.41, 5.74) is 2.76. The van der Waals surface area contributed by atoms with Gasteiger partial charge in [-0.3, -0.25) is 10.1 Å². The normalized spacial score (nSPS) is 11.3. The van der Waals surface area contributed by atoms with E-state index in [1.807, 2.05) is 48.5 Å². The molecule has 3 aromatic rings. The number of nitrogens with zero attached hydrogens (tertiary/aromatic N) is 2. The first kappa shape index (κ1) is 20.0. The molecule has 1 N–H and O–H groups in total. The van der Waals surface area contributed by atoms with Crippen molar-refractivity contribution in [1.82, 2.24) is 10.2 Å². The molecule has 0 saturated carbocycles. The molecule has 0 aliphatic carbocycles. The lowest BCUT2D eigenvalue weighted by Gasteiger charge is -2.18. The number of carbonyl (C=O) groups is 1. The predicted octanol–water partition coefficient (Wildman–Crippen LogP) is 5.54. The van der Waals surface area contributed by atoms with E-state index in [9.17, 15) is 4.79 Å². The van der Waals surface area contributed by atoms with Crippen LogP contribution in [0.2, 0.25) is 0 Å². The molecule has 0 saturated heterocycles. The number of ether oxygens (including phenoxy) is 1. The van der Waals surface area contributed by atoms with Crippen molar-refractivity contribution < 1.29 is 9.53 Å².